The molecule has 0 spiro atoms. The van der Waals surface area contributed by atoms with Gasteiger partial charge >= 0.3 is 0 Å². The maximum absolute atomic E-state index is 2.44. The minimum Gasteiger partial charge on any atom is -0.0622 e. The highest BCUT2D eigenvalue weighted by molar-refractivity contribution is 6.28. The zero-order valence-corrected chi connectivity index (χ0v) is 83.3. The Morgan fingerprint density at radius 3 is 0.626 bits per heavy atom. The lowest BCUT2D eigenvalue weighted by atomic mass is 9.80. The zero-order chi connectivity index (χ0) is 98.6. The lowest BCUT2D eigenvalue weighted by molar-refractivity contribution is 0.660. The highest BCUT2D eigenvalue weighted by atomic mass is 14.4. The van der Waals surface area contributed by atoms with Crippen molar-refractivity contribution in [2.24, 2.45) is 0 Å². The lowest BCUT2D eigenvalue weighted by Gasteiger charge is -2.23. The van der Waals surface area contributed by atoms with Crippen molar-refractivity contribution in [2.75, 3.05) is 0 Å². The molecule has 0 nitrogen and oxygen atoms in total. The second kappa shape index (κ2) is 36.5. The van der Waals surface area contributed by atoms with Crippen LogP contribution in [0.3, 0.4) is 0 Å². The van der Waals surface area contributed by atoms with Crippen molar-refractivity contribution >= 4 is 64.6 Å². The minimum atomic E-state index is -0.0889. The van der Waals surface area contributed by atoms with E-state index in [0.717, 1.165) is 0 Å². The van der Waals surface area contributed by atoms with Crippen LogP contribution in [0, 0.1) is 0 Å². The van der Waals surface area contributed by atoms with E-state index in [2.05, 4.69) is 575 Å². The third kappa shape index (κ3) is 15.2. The quantitative estimate of drug-likeness (QED) is 0.101. The summed E-state index contributed by atoms with van der Waals surface area (Å²) >= 11 is 0. The molecule has 0 aromatic heterocycles. The number of hydrogen-bond acceptors (Lipinski definition) is 0. The summed E-state index contributed by atoms with van der Waals surface area (Å²) in [5.41, 5.74) is 48.7. The van der Waals surface area contributed by atoms with Crippen molar-refractivity contribution in [3.05, 3.63) is 567 Å². The van der Waals surface area contributed by atoms with Crippen molar-refractivity contribution < 1.29 is 0 Å². The molecular weight excluding hydrogens is 1770 g/mol. The van der Waals surface area contributed by atoms with Crippen LogP contribution in [0.15, 0.2) is 534 Å². The van der Waals surface area contributed by atoms with E-state index in [1.807, 2.05) is 0 Å². The molecule has 3 aliphatic carbocycles. The Morgan fingerprint density at radius 2 is 0.293 bits per heavy atom. The van der Waals surface area contributed by atoms with Crippen LogP contribution >= 0.6 is 0 Å². The number of rotatable bonds is 13. The van der Waals surface area contributed by atoms with E-state index >= 15 is 0 Å². The van der Waals surface area contributed by atoms with Gasteiger partial charge in [0.1, 0.15) is 0 Å². The van der Waals surface area contributed by atoms with Crippen molar-refractivity contribution in [2.45, 2.75) is 57.8 Å². The molecule has 0 aliphatic heterocycles. The van der Waals surface area contributed by atoms with Gasteiger partial charge in [0.2, 0.25) is 0 Å². The van der Waals surface area contributed by atoms with Gasteiger partial charge in [0.25, 0.3) is 0 Å². The van der Waals surface area contributed by atoms with Crippen LogP contribution in [0.25, 0.3) is 243 Å². The Bertz CT molecular complexity index is 9440. The average molecular weight is 1870 g/mol. The Balaban J connectivity index is 0.000000112. The van der Waals surface area contributed by atoms with Crippen molar-refractivity contribution in [3.8, 4) is 178 Å². The number of benzene rings is 25. The molecule has 0 amide bonds. The van der Waals surface area contributed by atoms with Gasteiger partial charge in [0, 0.05) is 16.2 Å². The molecule has 0 heterocycles. The molecule has 0 atom stereocenters. The van der Waals surface area contributed by atoms with E-state index in [1.54, 1.807) is 0 Å². The van der Waals surface area contributed by atoms with Gasteiger partial charge in [0.05, 0.1) is 0 Å². The van der Waals surface area contributed by atoms with Crippen LogP contribution in [-0.2, 0) is 16.2 Å². The van der Waals surface area contributed by atoms with E-state index in [4.69, 9.17) is 0 Å². The lowest BCUT2D eigenvalue weighted by Crippen LogP contribution is -2.14. The number of fused-ring (bicyclic) bond motifs is 15. The summed E-state index contributed by atoms with van der Waals surface area (Å²) in [5.74, 6) is 0. The summed E-state index contributed by atoms with van der Waals surface area (Å²) in [4.78, 5) is 0. The van der Waals surface area contributed by atoms with E-state index in [9.17, 15) is 0 Å². The number of hydrogen-bond donors (Lipinski definition) is 0. The van der Waals surface area contributed by atoms with Gasteiger partial charge in [-0.3, -0.25) is 0 Å². The Kier molecular flexibility index (Phi) is 22.1. The molecule has 0 saturated carbocycles. The van der Waals surface area contributed by atoms with Gasteiger partial charge in [-0.25, -0.2) is 0 Å². The van der Waals surface area contributed by atoms with E-state index in [-0.39, 0.29) is 16.2 Å². The molecule has 0 saturated heterocycles. The van der Waals surface area contributed by atoms with Gasteiger partial charge in [-0.2, -0.15) is 0 Å². The maximum atomic E-state index is 2.44. The third-order valence-electron chi connectivity index (χ3n) is 32.0. The Labute approximate surface area is 861 Å². The fourth-order valence-corrected chi connectivity index (χ4v) is 25.1. The van der Waals surface area contributed by atoms with Gasteiger partial charge in [-0.05, 0) is 319 Å². The molecule has 25 aromatic carbocycles. The van der Waals surface area contributed by atoms with Gasteiger partial charge in [-0.1, -0.05) is 533 Å². The molecule has 0 unspecified atom stereocenters. The average Bonchev–Trinajstić information content (AvgIpc) is 1.66. The van der Waals surface area contributed by atoms with Crippen LogP contribution in [0.5, 0.6) is 0 Å². The largest absolute Gasteiger partial charge is 0.0622 e. The highest BCUT2D eigenvalue weighted by Gasteiger charge is 2.41. The highest BCUT2D eigenvalue weighted by Crippen LogP contribution is 2.61. The summed E-state index contributed by atoms with van der Waals surface area (Å²) in [6, 6.07) is 197. The molecular formula is C147H106. The first-order valence-electron chi connectivity index (χ1n) is 51.7. The summed E-state index contributed by atoms with van der Waals surface area (Å²) < 4.78 is 0. The first kappa shape index (κ1) is 89.2. The summed E-state index contributed by atoms with van der Waals surface area (Å²) in [7, 11) is 0. The minimum absolute atomic E-state index is 0.0689. The van der Waals surface area contributed by atoms with Crippen LogP contribution in [0.1, 0.15) is 74.9 Å². The van der Waals surface area contributed by atoms with E-state index < -0.39 is 0 Å². The van der Waals surface area contributed by atoms with Crippen LogP contribution in [0.4, 0.5) is 0 Å². The van der Waals surface area contributed by atoms with Crippen LogP contribution < -0.4 is 0 Å². The predicted molar refractivity (Wildman–Crippen MR) is 628 cm³/mol. The van der Waals surface area contributed by atoms with Gasteiger partial charge < -0.3 is 0 Å². The summed E-state index contributed by atoms with van der Waals surface area (Å²) in [6.45, 7) is 14.2. The molecule has 147 heavy (non-hydrogen) atoms. The van der Waals surface area contributed by atoms with Crippen LogP contribution in [-0.4, -0.2) is 0 Å². The first-order chi connectivity index (χ1) is 72.3. The van der Waals surface area contributed by atoms with E-state index in [1.165, 1.54) is 276 Å². The van der Waals surface area contributed by atoms with Crippen molar-refractivity contribution in [1.29, 1.82) is 0 Å². The van der Waals surface area contributed by atoms with Crippen molar-refractivity contribution in [3.63, 3.8) is 0 Å². The monoisotopic (exact) mass is 1870 g/mol. The summed E-state index contributed by atoms with van der Waals surface area (Å²) in [6.07, 6.45) is 0. The second-order valence-electron chi connectivity index (χ2n) is 41.4. The standard InChI is InChI=1S/C53H38.2C47H34/c1-53(2)48-27-15-14-25-45(48)52-46(26-16-28-49(52)53)51-43-24-13-12-23-42(43)50(44-30-29-38(34-47(44)51)35-17-6-3-7-18-35)41-32-39(36-19-8-4-9-20-36)31-40(33-41)37-21-10-5-11-22-37;1-47(2)42-25-12-11-23-39(42)46-40(24-14-26-43(46)47)45-37-22-10-9-21-36(37)44(35-20-13-19-33(29-35)31-15-5-3-6-16-31)38-28-27-34(30-41(38)45)32-17-7-4-8-18-32;1-47(2)42-26-14-13-24-39(42)46-40(25-15-27-43(46)47)45-37-23-12-11-22-36(37)44(35-21-10-9-20-34(35)32-18-7-4-8-19-32)38-29-28-33(30-41(38)45)31-16-5-3-6-17-31/h3-34H,1-2H3;2*3-30H,1-2H3. The maximum Gasteiger partial charge on any atom is 0.0159 e. The molecule has 3 aliphatic rings. The molecule has 0 bridgehead atoms. The Morgan fingerprint density at radius 1 is 0.0952 bits per heavy atom. The van der Waals surface area contributed by atoms with Gasteiger partial charge in [0.15, 0.2) is 0 Å². The van der Waals surface area contributed by atoms with E-state index in [0.29, 0.717) is 0 Å². The summed E-state index contributed by atoms with van der Waals surface area (Å²) in [5, 5.41) is 15.2. The van der Waals surface area contributed by atoms with Crippen LogP contribution in [0.2, 0.25) is 0 Å². The normalized spacial score (nSPS) is 13.0. The Hall–Kier alpha value is -17.9. The second-order valence-corrected chi connectivity index (χ2v) is 41.4. The molecule has 0 radical (unpaired) electrons. The zero-order valence-electron chi connectivity index (χ0n) is 83.3. The molecule has 0 fully saturated rings. The smallest absolute Gasteiger partial charge is 0.0159 e. The third-order valence-corrected chi connectivity index (χ3v) is 32.0. The van der Waals surface area contributed by atoms with Gasteiger partial charge in [-0.15, -0.1) is 0 Å². The predicted octanol–water partition coefficient (Wildman–Crippen LogP) is 40.6. The SMILES string of the molecule is CC1(C)c2ccccc2-c2c(-c3c4ccccc4c(-c4cc(-c5ccccc5)cc(-c5ccccc5)c4)c4ccc(-c5ccccc5)cc34)cccc21.CC1(C)c2ccccc2-c2c(-c3c4ccccc4c(-c4cccc(-c5ccccc5)c4)c4ccc(-c5ccccc5)cc34)cccc21.CC1(C)c2ccccc2-c2c(-c3c4ccccc4c(-c4ccccc4-c4ccccc4)c4ccc(-c5ccccc5)cc34)cccc21. The molecule has 28 rings (SSSR count). The first-order valence-corrected chi connectivity index (χ1v) is 51.7. The molecule has 25 aromatic rings. The van der Waals surface area contributed by atoms with Crippen molar-refractivity contribution in [1.82, 2.24) is 0 Å². The fourth-order valence-electron chi connectivity index (χ4n) is 25.1. The molecule has 0 N–H and O–H groups in total. The topological polar surface area (TPSA) is 0 Å². The molecule has 694 valence electrons. The fraction of sp³-hybridized carbons (Fsp3) is 0.0612. The molecule has 0 heteroatoms.